The Morgan fingerprint density at radius 3 is 2.77 bits per heavy atom. The number of nitrogens with two attached hydrogens (primary N) is 1. The van der Waals surface area contributed by atoms with Gasteiger partial charge in [-0.05, 0) is 42.5 Å². The van der Waals surface area contributed by atoms with E-state index in [0.717, 1.165) is 59.4 Å². The third-order valence-electron chi connectivity index (χ3n) is 5.76. The molecule has 2 aromatic carbocycles. The van der Waals surface area contributed by atoms with Crippen molar-refractivity contribution in [2.45, 2.75) is 12.6 Å². The van der Waals surface area contributed by atoms with Gasteiger partial charge in [0.05, 0.1) is 23.0 Å². The lowest BCUT2D eigenvalue weighted by molar-refractivity contribution is 0.191. The van der Waals surface area contributed by atoms with Crippen LogP contribution in [0.2, 0.25) is 0 Å². The third-order valence-corrected chi connectivity index (χ3v) is 6.72. The summed E-state index contributed by atoms with van der Waals surface area (Å²) in [7, 11) is 1.65. The van der Waals surface area contributed by atoms with Crippen LogP contribution in [-0.4, -0.2) is 55.6 Å². The first-order valence-electron chi connectivity index (χ1n) is 10.5. The van der Waals surface area contributed by atoms with Crippen LogP contribution in [0.1, 0.15) is 6.42 Å². The molecule has 0 saturated carbocycles. The number of nitrogens with one attached hydrogen (secondary N) is 1. The summed E-state index contributed by atoms with van der Waals surface area (Å²) in [4.78, 5) is 14.3. The molecule has 2 aliphatic heterocycles. The van der Waals surface area contributed by atoms with Crippen molar-refractivity contribution in [3.63, 3.8) is 0 Å². The molecule has 1 unspecified atom stereocenters. The molecule has 0 spiro atoms. The summed E-state index contributed by atoms with van der Waals surface area (Å²) in [6, 6.07) is 12.1. The van der Waals surface area contributed by atoms with Gasteiger partial charge in [-0.2, -0.15) is 0 Å². The van der Waals surface area contributed by atoms with Gasteiger partial charge in [0.15, 0.2) is 5.13 Å². The highest BCUT2D eigenvalue weighted by atomic mass is 32.1. The predicted molar refractivity (Wildman–Crippen MR) is 130 cm³/mol. The standard InChI is InChI=1S/C23H26N6OS/c1-30-20-7-5-16(24)14-18(20)26-23-27-19-15-17(6-8-21(19)31-23)28-10-12-29(13-11-28)22-4-2-3-9-25-22/h2-3,5-9,14-15,22H,4,10-13,24H2,1H3,(H,26,27). The van der Waals surface area contributed by atoms with Gasteiger partial charge >= 0.3 is 0 Å². The Morgan fingerprint density at radius 1 is 1.13 bits per heavy atom. The molecular weight excluding hydrogens is 408 g/mol. The number of aliphatic imine (C=N–C) groups is 1. The number of piperazine rings is 1. The van der Waals surface area contributed by atoms with Crippen LogP contribution in [0.15, 0.2) is 53.5 Å². The summed E-state index contributed by atoms with van der Waals surface area (Å²) in [6.45, 7) is 4.04. The number of allylic oxidation sites excluding steroid dienone is 1. The fraction of sp³-hybridized carbons (Fsp3) is 0.304. The Kier molecular flexibility index (Phi) is 5.48. The molecule has 8 heteroatoms. The topological polar surface area (TPSA) is 79.0 Å². The van der Waals surface area contributed by atoms with Crippen LogP contribution in [0.4, 0.5) is 22.2 Å². The smallest absolute Gasteiger partial charge is 0.188 e. The molecule has 3 heterocycles. The molecule has 160 valence electrons. The lowest BCUT2D eigenvalue weighted by Gasteiger charge is -2.39. The minimum Gasteiger partial charge on any atom is -0.495 e. The van der Waals surface area contributed by atoms with Gasteiger partial charge in [0.1, 0.15) is 11.9 Å². The number of aromatic nitrogens is 1. The third kappa shape index (κ3) is 4.22. The van der Waals surface area contributed by atoms with Crippen molar-refractivity contribution in [1.82, 2.24) is 9.88 Å². The number of methoxy groups -OCH3 is 1. The van der Waals surface area contributed by atoms with Crippen LogP contribution in [0, 0.1) is 0 Å². The Bertz CT molecular complexity index is 1130. The molecule has 0 aliphatic carbocycles. The van der Waals surface area contributed by atoms with E-state index in [2.05, 4.69) is 44.4 Å². The van der Waals surface area contributed by atoms with Gasteiger partial charge in [0.25, 0.3) is 0 Å². The van der Waals surface area contributed by atoms with Gasteiger partial charge in [-0.15, -0.1) is 0 Å². The first kappa shape index (κ1) is 19.8. The molecule has 0 bridgehead atoms. The monoisotopic (exact) mass is 434 g/mol. The average molecular weight is 435 g/mol. The van der Waals surface area contributed by atoms with E-state index in [9.17, 15) is 0 Å². The van der Waals surface area contributed by atoms with Crippen LogP contribution >= 0.6 is 11.3 Å². The van der Waals surface area contributed by atoms with Crippen molar-refractivity contribution in [3.8, 4) is 5.75 Å². The largest absolute Gasteiger partial charge is 0.495 e. The van der Waals surface area contributed by atoms with Crippen LogP contribution in [0.25, 0.3) is 10.2 Å². The Labute approximate surface area is 185 Å². The van der Waals surface area contributed by atoms with Crippen molar-refractivity contribution in [2.24, 2.45) is 4.99 Å². The number of fused-ring (bicyclic) bond motifs is 1. The predicted octanol–water partition coefficient (Wildman–Crippen LogP) is 4.11. The highest BCUT2D eigenvalue weighted by Gasteiger charge is 2.23. The van der Waals surface area contributed by atoms with Gasteiger partial charge in [-0.25, -0.2) is 4.98 Å². The van der Waals surface area contributed by atoms with Crippen molar-refractivity contribution < 1.29 is 4.74 Å². The van der Waals surface area contributed by atoms with Crippen LogP contribution in [0.3, 0.4) is 0 Å². The second-order valence-corrected chi connectivity index (χ2v) is 8.75. The van der Waals surface area contributed by atoms with E-state index in [1.54, 1.807) is 18.4 Å². The molecule has 5 rings (SSSR count). The number of hydrogen-bond acceptors (Lipinski definition) is 8. The molecule has 0 amide bonds. The molecule has 1 aromatic heterocycles. The molecule has 2 aliphatic rings. The van der Waals surface area contributed by atoms with Gasteiger partial charge < -0.3 is 20.7 Å². The van der Waals surface area contributed by atoms with Gasteiger partial charge in [-0.1, -0.05) is 17.4 Å². The molecule has 1 saturated heterocycles. The van der Waals surface area contributed by atoms with Crippen LogP contribution in [0.5, 0.6) is 5.75 Å². The first-order valence-corrected chi connectivity index (χ1v) is 11.3. The molecule has 0 radical (unpaired) electrons. The van der Waals surface area contributed by atoms with E-state index in [1.807, 2.05) is 30.5 Å². The molecule has 31 heavy (non-hydrogen) atoms. The zero-order valence-corrected chi connectivity index (χ0v) is 18.3. The van der Waals surface area contributed by atoms with Crippen LogP contribution in [-0.2, 0) is 0 Å². The summed E-state index contributed by atoms with van der Waals surface area (Å²) in [6.07, 6.45) is 7.45. The maximum Gasteiger partial charge on any atom is 0.188 e. The first-order chi connectivity index (χ1) is 15.2. The van der Waals surface area contributed by atoms with E-state index in [-0.39, 0.29) is 0 Å². The molecule has 1 fully saturated rings. The van der Waals surface area contributed by atoms with Gasteiger partial charge in [0.2, 0.25) is 0 Å². The summed E-state index contributed by atoms with van der Waals surface area (Å²) in [5.74, 6) is 0.741. The lowest BCUT2D eigenvalue weighted by Crippen LogP contribution is -2.50. The highest BCUT2D eigenvalue weighted by Crippen LogP contribution is 2.35. The van der Waals surface area contributed by atoms with Gasteiger partial charge in [0, 0.05) is 50.2 Å². The maximum absolute atomic E-state index is 5.94. The summed E-state index contributed by atoms with van der Waals surface area (Å²) in [5.41, 5.74) is 9.65. The van der Waals surface area contributed by atoms with E-state index in [0.29, 0.717) is 11.9 Å². The minimum atomic E-state index is 0.297. The number of nitrogen functional groups attached to an aromatic ring is 1. The van der Waals surface area contributed by atoms with E-state index < -0.39 is 0 Å². The normalized spacial score (nSPS) is 19.1. The number of dihydropyridines is 1. The quantitative estimate of drug-likeness (QED) is 0.589. The van der Waals surface area contributed by atoms with E-state index in [1.165, 1.54) is 5.69 Å². The number of benzene rings is 2. The fourth-order valence-corrected chi connectivity index (χ4v) is 4.96. The molecule has 1 atom stereocenters. The minimum absolute atomic E-state index is 0.297. The Hall–Kier alpha value is -3.10. The van der Waals surface area contributed by atoms with Crippen molar-refractivity contribution in [3.05, 3.63) is 48.6 Å². The lowest BCUT2D eigenvalue weighted by atomic mass is 10.2. The molecule has 7 nitrogen and oxygen atoms in total. The summed E-state index contributed by atoms with van der Waals surface area (Å²) < 4.78 is 6.58. The molecular formula is C23H26N6OS. The fourth-order valence-electron chi connectivity index (χ4n) is 4.10. The average Bonchev–Trinajstić information content (AvgIpc) is 3.21. The number of rotatable bonds is 5. The number of anilines is 4. The molecule has 3 N–H and O–H groups in total. The second kappa shape index (κ2) is 8.56. The van der Waals surface area contributed by atoms with Crippen molar-refractivity contribution >= 4 is 50.0 Å². The van der Waals surface area contributed by atoms with Crippen molar-refractivity contribution in [2.75, 3.05) is 49.2 Å². The number of thiazole rings is 1. The van der Waals surface area contributed by atoms with Crippen LogP contribution < -0.4 is 20.7 Å². The SMILES string of the molecule is COc1ccc(N)cc1Nc1nc2cc(N3CCN(C4CC=CC=N4)CC3)ccc2s1. The second-order valence-electron chi connectivity index (χ2n) is 7.72. The zero-order valence-electron chi connectivity index (χ0n) is 17.5. The Balaban J connectivity index is 1.29. The molecule has 3 aromatic rings. The number of ether oxygens (including phenoxy) is 1. The van der Waals surface area contributed by atoms with E-state index >= 15 is 0 Å². The maximum atomic E-state index is 5.94. The van der Waals surface area contributed by atoms with Gasteiger partial charge in [-0.3, -0.25) is 9.89 Å². The number of nitrogens with zero attached hydrogens (tertiary/aromatic N) is 4. The highest BCUT2D eigenvalue weighted by molar-refractivity contribution is 7.22. The van der Waals surface area contributed by atoms with E-state index in [4.69, 9.17) is 15.5 Å². The summed E-state index contributed by atoms with van der Waals surface area (Å²) in [5, 5.41) is 4.18. The number of hydrogen-bond donors (Lipinski definition) is 2. The summed E-state index contributed by atoms with van der Waals surface area (Å²) >= 11 is 1.62. The van der Waals surface area contributed by atoms with Crippen molar-refractivity contribution in [1.29, 1.82) is 0 Å². The zero-order chi connectivity index (χ0) is 21.2. The Morgan fingerprint density at radius 2 is 2.00 bits per heavy atom.